The molecule has 0 aromatic heterocycles. The smallest absolute Gasteiger partial charge is 0.122 e. The molecule has 0 heterocycles. The largest absolute Gasteiger partial charge is 0.497 e. The molecule has 0 bridgehead atoms. The summed E-state index contributed by atoms with van der Waals surface area (Å²) in [6, 6.07) is 5.75. The van der Waals surface area contributed by atoms with Gasteiger partial charge in [-0.25, -0.2) is 0 Å². The Morgan fingerprint density at radius 2 is 2.00 bits per heavy atom. The van der Waals surface area contributed by atoms with E-state index >= 15 is 0 Å². The zero-order valence-corrected chi connectivity index (χ0v) is 9.77. The van der Waals surface area contributed by atoms with Crippen molar-refractivity contribution in [1.29, 1.82) is 0 Å². The van der Waals surface area contributed by atoms with Crippen molar-refractivity contribution in [3.8, 4) is 11.5 Å². The summed E-state index contributed by atoms with van der Waals surface area (Å²) in [5.74, 6) is 1.84. The minimum Gasteiger partial charge on any atom is -0.497 e. The lowest BCUT2D eigenvalue weighted by atomic mass is 9.94. The number of benzene rings is 1. The van der Waals surface area contributed by atoms with E-state index in [4.69, 9.17) is 9.47 Å². The fourth-order valence-electron chi connectivity index (χ4n) is 2.43. The number of hydrogen-bond acceptors (Lipinski definition) is 3. The SMILES string of the molecule is COc1ccc(OC)c(C2CCCC2O)c1. The normalized spacial score (nSPS) is 24.4. The van der Waals surface area contributed by atoms with Gasteiger partial charge < -0.3 is 14.6 Å². The first kappa shape index (κ1) is 11.3. The van der Waals surface area contributed by atoms with Gasteiger partial charge in [0.25, 0.3) is 0 Å². The van der Waals surface area contributed by atoms with Crippen LogP contribution < -0.4 is 9.47 Å². The van der Waals surface area contributed by atoms with Crippen molar-refractivity contribution in [2.24, 2.45) is 0 Å². The van der Waals surface area contributed by atoms with Gasteiger partial charge in [0.05, 0.1) is 20.3 Å². The zero-order valence-electron chi connectivity index (χ0n) is 9.77. The van der Waals surface area contributed by atoms with Crippen LogP contribution in [0.4, 0.5) is 0 Å². The molecule has 0 amide bonds. The summed E-state index contributed by atoms with van der Waals surface area (Å²) in [6.07, 6.45) is 2.73. The minimum atomic E-state index is -0.249. The van der Waals surface area contributed by atoms with Gasteiger partial charge in [0.1, 0.15) is 11.5 Å². The second kappa shape index (κ2) is 4.74. The molecular formula is C13H18O3. The summed E-state index contributed by atoms with van der Waals surface area (Å²) in [5.41, 5.74) is 1.06. The van der Waals surface area contributed by atoms with Crippen molar-refractivity contribution >= 4 is 0 Å². The minimum absolute atomic E-state index is 0.185. The van der Waals surface area contributed by atoms with Gasteiger partial charge in [0.2, 0.25) is 0 Å². The summed E-state index contributed by atoms with van der Waals surface area (Å²) in [6.45, 7) is 0. The van der Waals surface area contributed by atoms with Crippen LogP contribution in [0, 0.1) is 0 Å². The second-order valence-electron chi connectivity index (χ2n) is 4.21. The summed E-state index contributed by atoms with van der Waals surface area (Å²) in [5, 5.41) is 9.93. The van der Waals surface area contributed by atoms with E-state index < -0.39 is 0 Å². The number of hydrogen-bond donors (Lipinski definition) is 1. The zero-order chi connectivity index (χ0) is 11.5. The van der Waals surface area contributed by atoms with Gasteiger partial charge in [-0.05, 0) is 31.0 Å². The van der Waals surface area contributed by atoms with E-state index in [1.54, 1.807) is 14.2 Å². The molecule has 1 aliphatic carbocycles. The van der Waals surface area contributed by atoms with Crippen LogP contribution in [0.15, 0.2) is 18.2 Å². The van der Waals surface area contributed by atoms with Crippen LogP contribution in [-0.4, -0.2) is 25.4 Å². The maximum atomic E-state index is 9.93. The van der Waals surface area contributed by atoms with E-state index in [2.05, 4.69) is 0 Å². The Labute approximate surface area is 96.0 Å². The number of methoxy groups -OCH3 is 2. The lowest BCUT2D eigenvalue weighted by molar-refractivity contribution is 0.162. The average molecular weight is 222 g/mol. The molecule has 1 fully saturated rings. The highest BCUT2D eigenvalue weighted by atomic mass is 16.5. The van der Waals surface area contributed by atoms with Gasteiger partial charge in [-0.2, -0.15) is 0 Å². The summed E-state index contributed by atoms with van der Waals surface area (Å²) < 4.78 is 10.6. The van der Waals surface area contributed by atoms with Gasteiger partial charge in [-0.3, -0.25) is 0 Å². The Hall–Kier alpha value is -1.22. The van der Waals surface area contributed by atoms with Crippen molar-refractivity contribution in [3.05, 3.63) is 23.8 Å². The topological polar surface area (TPSA) is 38.7 Å². The Morgan fingerprint density at radius 3 is 2.56 bits per heavy atom. The van der Waals surface area contributed by atoms with Crippen molar-refractivity contribution < 1.29 is 14.6 Å². The van der Waals surface area contributed by atoms with Crippen molar-refractivity contribution in [2.45, 2.75) is 31.3 Å². The fourth-order valence-corrected chi connectivity index (χ4v) is 2.43. The predicted molar refractivity (Wildman–Crippen MR) is 62.1 cm³/mol. The van der Waals surface area contributed by atoms with Crippen molar-refractivity contribution in [1.82, 2.24) is 0 Å². The van der Waals surface area contributed by atoms with Crippen LogP contribution in [0.25, 0.3) is 0 Å². The number of aliphatic hydroxyl groups excluding tert-OH is 1. The van der Waals surface area contributed by atoms with Gasteiger partial charge in [-0.1, -0.05) is 6.42 Å². The molecule has 2 unspecified atom stereocenters. The van der Waals surface area contributed by atoms with E-state index in [1.807, 2.05) is 18.2 Å². The van der Waals surface area contributed by atoms with Crippen LogP contribution in [-0.2, 0) is 0 Å². The molecule has 16 heavy (non-hydrogen) atoms. The Morgan fingerprint density at radius 1 is 1.19 bits per heavy atom. The highest BCUT2D eigenvalue weighted by Gasteiger charge is 2.29. The molecule has 0 radical (unpaired) electrons. The summed E-state index contributed by atoms with van der Waals surface area (Å²) in [7, 11) is 3.31. The Balaban J connectivity index is 2.36. The van der Waals surface area contributed by atoms with Crippen molar-refractivity contribution in [3.63, 3.8) is 0 Å². The van der Waals surface area contributed by atoms with Crippen LogP contribution in [0.5, 0.6) is 11.5 Å². The van der Waals surface area contributed by atoms with E-state index in [0.717, 1.165) is 36.3 Å². The highest BCUT2D eigenvalue weighted by Crippen LogP contribution is 2.40. The molecule has 1 N–H and O–H groups in total. The molecule has 1 aromatic rings. The maximum Gasteiger partial charge on any atom is 0.122 e. The van der Waals surface area contributed by atoms with Crippen LogP contribution >= 0.6 is 0 Å². The Kier molecular flexibility index (Phi) is 3.34. The highest BCUT2D eigenvalue weighted by molar-refractivity contribution is 5.43. The lowest BCUT2D eigenvalue weighted by Crippen LogP contribution is -2.12. The fraction of sp³-hybridized carbons (Fsp3) is 0.538. The molecule has 1 aliphatic rings. The van der Waals surface area contributed by atoms with Crippen LogP contribution in [0.2, 0.25) is 0 Å². The molecule has 1 aromatic carbocycles. The molecule has 2 atom stereocenters. The molecule has 0 saturated heterocycles. The lowest BCUT2D eigenvalue weighted by Gasteiger charge is -2.18. The molecular weight excluding hydrogens is 204 g/mol. The molecule has 1 saturated carbocycles. The third-order valence-corrected chi connectivity index (χ3v) is 3.32. The molecule has 0 aliphatic heterocycles. The van der Waals surface area contributed by atoms with E-state index in [0.29, 0.717) is 0 Å². The average Bonchev–Trinajstić information content (AvgIpc) is 2.74. The quantitative estimate of drug-likeness (QED) is 0.853. The van der Waals surface area contributed by atoms with Gasteiger partial charge in [0.15, 0.2) is 0 Å². The first-order chi connectivity index (χ1) is 7.76. The van der Waals surface area contributed by atoms with E-state index in [9.17, 15) is 5.11 Å². The Bertz CT molecular complexity index is 362. The third kappa shape index (κ3) is 2.00. The van der Waals surface area contributed by atoms with E-state index in [-0.39, 0.29) is 12.0 Å². The second-order valence-corrected chi connectivity index (χ2v) is 4.21. The van der Waals surface area contributed by atoms with Crippen LogP contribution in [0.3, 0.4) is 0 Å². The van der Waals surface area contributed by atoms with Gasteiger partial charge in [-0.15, -0.1) is 0 Å². The number of aliphatic hydroxyl groups is 1. The van der Waals surface area contributed by atoms with Gasteiger partial charge in [0, 0.05) is 11.5 Å². The molecule has 88 valence electrons. The third-order valence-electron chi connectivity index (χ3n) is 3.32. The van der Waals surface area contributed by atoms with Crippen LogP contribution in [0.1, 0.15) is 30.7 Å². The van der Waals surface area contributed by atoms with Crippen molar-refractivity contribution in [2.75, 3.05) is 14.2 Å². The summed E-state index contributed by atoms with van der Waals surface area (Å²) in [4.78, 5) is 0. The predicted octanol–water partition coefficient (Wildman–Crippen LogP) is 2.33. The molecule has 0 spiro atoms. The standard InChI is InChI=1S/C13H18O3/c1-15-9-6-7-13(16-2)11(8-9)10-4-3-5-12(10)14/h6-8,10,12,14H,3-5H2,1-2H3. The molecule has 3 heteroatoms. The first-order valence-corrected chi connectivity index (χ1v) is 5.66. The number of ether oxygens (including phenoxy) is 2. The maximum absolute atomic E-state index is 9.93. The molecule has 3 nitrogen and oxygen atoms in total. The first-order valence-electron chi connectivity index (χ1n) is 5.66. The summed E-state index contributed by atoms with van der Waals surface area (Å²) >= 11 is 0. The number of rotatable bonds is 3. The van der Waals surface area contributed by atoms with E-state index in [1.165, 1.54) is 0 Å². The van der Waals surface area contributed by atoms with Gasteiger partial charge >= 0.3 is 0 Å². The molecule has 2 rings (SSSR count). The monoisotopic (exact) mass is 222 g/mol.